The van der Waals surface area contributed by atoms with Gasteiger partial charge in [-0.15, -0.1) is 0 Å². The van der Waals surface area contributed by atoms with Gasteiger partial charge in [-0.1, -0.05) is 36.8 Å². The molecule has 0 aliphatic heterocycles. The number of hydrogen-bond donors (Lipinski definition) is 1. The van der Waals surface area contributed by atoms with Gasteiger partial charge in [0.2, 0.25) is 11.8 Å². The van der Waals surface area contributed by atoms with Crippen molar-refractivity contribution in [1.29, 1.82) is 0 Å². The first-order valence-electron chi connectivity index (χ1n) is 11.3. The lowest BCUT2D eigenvalue weighted by atomic mass is 10.1. The second-order valence-electron chi connectivity index (χ2n) is 8.23. The Hall–Kier alpha value is -3.02. The topological polar surface area (TPSA) is 67.9 Å². The first-order valence-corrected chi connectivity index (χ1v) is 11.3. The fraction of sp³-hybridized carbons (Fsp3) is 0.462. The van der Waals surface area contributed by atoms with E-state index in [-0.39, 0.29) is 17.9 Å². The molecule has 2 amide bonds. The van der Waals surface area contributed by atoms with Gasteiger partial charge in [0.1, 0.15) is 17.5 Å². The molecule has 0 aromatic heterocycles. The molecule has 174 valence electrons. The molecule has 0 heterocycles. The Morgan fingerprint density at radius 2 is 1.75 bits per heavy atom. The molecule has 2 aromatic rings. The van der Waals surface area contributed by atoms with Crippen LogP contribution in [0.25, 0.3) is 0 Å². The van der Waals surface area contributed by atoms with Crippen LogP contribution in [0.4, 0.5) is 0 Å². The Labute approximate surface area is 191 Å². The maximum Gasteiger partial charge on any atom is 0.243 e. The van der Waals surface area contributed by atoms with Crippen LogP contribution in [0.15, 0.2) is 48.5 Å². The van der Waals surface area contributed by atoms with Crippen LogP contribution >= 0.6 is 0 Å². The average molecular weight is 441 g/mol. The minimum Gasteiger partial charge on any atom is -0.497 e. The fourth-order valence-corrected chi connectivity index (χ4v) is 3.54. The molecule has 32 heavy (non-hydrogen) atoms. The number of aryl methyl sites for hydroxylation is 1. The maximum atomic E-state index is 13.2. The highest BCUT2D eigenvalue weighted by Gasteiger charge is 2.28. The third-order valence-electron chi connectivity index (χ3n) is 5.12. The molecule has 0 bridgehead atoms. The number of ether oxygens (including phenoxy) is 2. The van der Waals surface area contributed by atoms with Gasteiger partial charge < -0.3 is 19.7 Å². The lowest BCUT2D eigenvalue weighted by Gasteiger charge is -2.31. The zero-order valence-corrected chi connectivity index (χ0v) is 19.9. The van der Waals surface area contributed by atoms with Crippen molar-refractivity contribution >= 4 is 11.8 Å². The third kappa shape index (κ3) is 7.91. The van der Waals surface area contributed by atoms with Gasteiger partial charge in [0.05, 0.1) is 13.7 Å². The molecule has 0 radical (unpaired) electrons. The molecule has 0 aliphatic carbocycles. The molecule has 6 heteroatoms. The van der Waals surface area contributed by atoms with Crippen molar-refractivity contribution in [3.05, 3.63) is 59.7 Å². The minimum atomic E-state index is -0.507. The molecule has 0 spiro atoms. The fourth-order valence-electron chi connectivity index (χ4n) is 3.54. The Bertz CT molecular complexity index is 864. The van der Waals surface area contributed by atoms with Crippen LogP contribution in [0.5, 0.6) is 11.5 Å². The lowest BCUT2D eigenvalue weighted by Crippen LogP contribution is -2.50. The number of benzene rings is 2. The van der Waals surface area contributed by atoms with Crippen molar-refractivity contribution in [1.82, 2.24) is 10.2 Å². The van der Waals surface area contributed by atoms with Crippen molar-refractivity contribution in [2.45, 2.75) is 65.6 Å². The summed E-state index contributed by atoms with van der Waals surface area (Å²) < 4.78 is 10.9. The lowest BCUT2D eigenvalue weighted by molar-refractivity contribution is -0.141. The first kappa shape index (κ1) is 25.2. The number of carbonyl (C=O) groups excluding carboxylic acids is 2. The van der Waals surface area contributed by atoms with E-state index in [2.05, 4.69) is 11.4 Å². The SMILES string of the molecule is CC[C@H](C(=O)NC(C)C)N(Cc1cccc(C)c1)C(=O)CCCOc1ccc(OC)cc1. The number of carbonyl (C=O) groups is 2. The normalized spacial score (nSPS) is 11.7. The second kappa shape index (κ2) is 12.7. The van der Waals surface area contributed by atoms with E-state index in [4.69, 9.17) is 9.47 Å². The van der Waals surface area contributed by atoms with Crippen LogP contribution in [0, 0.1) is 6.92 Å². The molecule has 0 saturated heterocycles. The predicted molar refractivity (Wildman–Crippen MR) is 127 cm³/mol. The summed E-state index contributed by atoms with van der Waals surface area (Å²) in [6.45, 7) is 8.64. The molecule has 2 aromatic carbocycles. The minimum absolute atomic E-state index is 0.0189. The van der Waals surface area contributed by atoms with E-state index in [1.165, 1.54) is 0 Å². The number of methoxy groups -OCH3 is 1. The number of nitrogens with zero attached hydrogens (tertiary/aromatic N) is 1. The molecule has 0 saturated carbocycles. The van der Waals surface area contributed by atoms with Crippen molar-refractivity contribution < 1.29 is 19.1 Å². The summed E-state index contributed by atoms with van der Waals surface area (Å²) in [6.07, 6.45) is 1.43. The highest BCUT2D eigenvalue weighted by atomic mass is 16.5. The molecule has 1 atom stereocenters. The van der Waals surface area contributed by atoms with Gasteiger partial charge in [0.15, 0.2) is 0 Å². The third-order valence-corrected chi connectivity index (χ3v) is 5.12. The molecule has 0 unspecified atom stereocenters. The maximum absolute atomic E-state index is 13.2. The van der Waals surface area contributed by atoms with Crippen molar-refractivity contribution in [2.75, 3.05) is 13.7 Å². The van der Waals surface area contributed by atoms with Crippen molar-refractivity contribution in [2.24, 2.45) is 0 Å². The summed E-state index contributed by atoms with van der Waals surface area (Å²) in [7, 11) is 1.62. The predicted octanol–water partition coefficient (Wildman–Crippen LogP) is 4.49. The quantitative estimate of drug-likeness (QED) is 0.494. The zero-order chi connectivity index (χ0) is 23.5. The van der Waals surface area contributed by atoms with Gasteiger partial charge in [-0.2, -0.15) is 0 Å². The Kier molecular flexibility index (Phi) is 10.1. The van der Waals surface area contributed by atoms with Gasteiger partial charge in [0.25, 0.3) is 0 Å². The second-order valence-corrected chi connectivity index (χ2v) is 8.23. The van der Waals surface area contributed by atoms with E-state index in [0.717, 1.165) is 22.6 Å². The molecular weight excluding hydrogens is 404 g/mol. The highest BCUT2D eigenvalue weighted by Crippen LogP contribution is 2.18. The van der Waals surface area contributed by atoms with E-state index >= 15 is 0 Å². The van der Waals surface area contributed by atoms with Gasteiger partial charge in [-0.05, 0) is 63.4 Å². The van der Waals surface area contributed by atoms with Crippen LogP contribution in [0.1, 0.15) is 51.2 Å². The highest BCUT2D eigenvalue weighted by molar-refractivity contribution is 5.87. The average Bonchev–Trinajstić information content (AvgIpc) is 2.76. The summed E-state index contributed by atoms with van der Waals surface area (Å²) in [6, 6.07) is 14.9. The monoisotopic (exact) mass is 440 g/mol. The number of rotatable bonds is 12. The van der Waals surface area contributed by atoms with E-state index in [1.54, 1.807) is 12.0 Å². The van der Waals surface area contributed by atoms with Crippen LogP contribution in [0.2, 0.25) is 0 Å². The van der Waals surface area contributed by atoms with Gasteiger partial charge in [-0.25, -0.2) is 0 Å². The largest absolute Gasteiger partial charge is 0.497 e. The molecule has 0 fully saturated rings. The Balaban J connectivity index is 2.03. The summed E-state index contributed by atoms with van der Waals surface area (Å²) in [5.74, 6) is 1.34. The number of hydrogen-bond acceptors (Lipinski definition) is 4. The zero-order valence-electron chi connectivity index (χ0n) is 19.9. The molecule has 0 aliphatic rings. The van der Waals surface area contributed by atoms with E-state index in [9.17, 15) is 9.59 Å². The summed E-state index contributed by atoms with van der Waals surface area (Å²) in [4.78, 5) is 27.7. The standard InChI is InChI=1S/C26H36N2O4/c1-6-24(26(30)27-19(2)3)28(18-21-10-7-9-20(4)17-21)25(29)11-8-16-32-23-14-12-22(31-5)13-15-23/h7,9-10,12-15,17,19,24H,6,8,11,16,18H2,1-5H3,(H,27,30)/t24-/m1/s1. The summed E-state index contributed by atoms with van der Waals surface area (Å²) in [5.41, 5.74) is 2.14. The van der Waals surface area contributed by atoms with Crippen molar-refractivity contribution in [3.63, 3.8) is 0 Å². The van der Waals surface area contributed by atoms with Gasteiger partial charge in [-0.3, -0.25) is 9.59 Å². The van der Waals surface area contributed by atoms with Gasteiger partial charge in [0, 0.05) is 19.0 Å². The van der Waals surface area contributed by atoms with Crippen LogP contribution < -0.4 is 14.8 Å². The smallest absolute Gasteiger partial charge is 0.243 e. The summed E-state index contributed by atoms with van der Waals surface area (Å²) in [5, 5.41) is 2.96. The number of nitrogens with one attached hydrogen (secondary N) is 1. The van der Waals surface area contributed by atoms with Crippen LogP contribution in [0.3, 0.4) is 0 Å². The summed E-state index contributed by atoms with van der Waals surface area (Å²) >= 11 is 0. The van der Waals surface area contributed by atoms with E-state index < -0.39 is 6.04 Å². The van der Waals surface area contributed by atoms with E-state index in [0.29, 0.717) is 32.4 Å². The Morgan fingerprint density at radius 3 is 2.34 bits per heavy atom. The van der Waals surface area contributed by atoms with Crippen LogP contribution in [-0.2, 0) is 16.1 Å². The first-order chi connectivity index (χ1) is 15.3. The van der Waals surface area contributed by atoms with Crippen LogP contribution in [-0.4, -0.2) is 42.5 Å². The van der Waals surface area contributed by atoms with Gasteiger partial charge >= 0.3 is 0 Å². The van der Waals surface area contributed by atoms with E-state index in [1.807, 2.05) is 70.2 Å². The molecule has 1 N–H and O–H groups in total. The molecule has 2 rings (SSSR count). The Morgan fingerprint density at radius 1 is 1.06 bits per heavy atom. The molecule has 6 nitrogen and oxygen atoms in total. The molecular formula is C26H36N2O4. The van der Waals surface area contributed by atoms with Crippen molar-refractivity contribution in [3.8, 4) is 11.5 Å². The number of amides is 2.